The van der Waals surface area contributed by atoms with Gasteiger partial charge in [0.25, 0.3) is 0 Å². The Labute approximate surface area is 167 Å². The van der Waals surface area contributed by atoms with E-state index < -0.39 is 0 Å². The van der Waals surface area contributed by atoms with E-state index >= 15 is 0 Å². The highest BCUT2D eigenvalue weighted by molar-refractivity contribution is 9.10. The first-order valence-corrected chi connectivity index (χ1v) is 9.58. The highest BCUT2D eigenvalue weighted by Gasteiger charge is 2.07. The molecule has 1 aromatic heterocycles. The van der Waals surface area contributed by atoms with E-state index in [0.717, 1.165) is 32.7 Å². The normalized spacial score (nSPS) is 10.6. The van der Waals surface area contributed by atoms with Crippen molar-refractivity contribution in [3.63, 3.8) is 0 Å². The summed E-state index contributed by atoms with van der Waals surface area (Å²) in [5.74, 6) is -0.248. The fraction of sp³-hybridized carbons (Fsp3) is 0.238. The second-order valence-electron chi connectivity index (χ2n) is 6.30. The molecule has 0 spiro atoms. The first-order chi connectivity index (χ1) is 13.0. The van der Waals surface area contributed by atoms with Gasteiger partial charge in [0.1, 0.15) is 0 Å². The molecule has 0 atom stereocenters. The van der Waals surface area contributed by atoms with Crippen LogP contribution in [-0.4, -0.2) is 22.4 Å². The number of hydrogen-bond donors (Lipinski definition) is 1. The molecule has 0 unspecified atom stereocenters. The summed E-state index contributed by atoms with van der Waals surface area (Å²) in [6.07, 6.45) is 2.76. The summed E-state index contributed by atoms with van der Waals surface area (Å²) in [6, 6.07) is 16.2. The van der Waals surface area contributed by atoms with Crippen LogP contribution in [0.2, 0.25) is 0 Å². The van der Waals surface area contributed by atoms with Gasteiger partial charge >= 0.3 is 5.97 Å². The largest absolute Gasteiger partial charge is 0.466 e. The molecular weight excluding hydrogens is 406 g/mol. The monoisotopic (exact) mass is 427 g/mol. The average Bonchev–Trinajstić information content (AvgIpc) is 3.01. The molecule has 27 heavy (non-hydrogen) atoms. The highest BCUT2D eigenvalue weighted by Crippen LogP contribution is 2.17. The zero-order chi connectivity index (χ0) is 19.2. The number of hydrogen-bond acceptors (Lipinski definition) is 4. The molecule has 1 heterocycles. The fourth-order valence-electron chi connectivity index (χ4n) is 2.74. The van der Waals surface area contributed by atoms with Gasteiger partial charge in [-0.3, -0.25) is 4.79 Å². The van der Waals surface area contributed by atoms with Crippen LogP contribution in [0.1, 0.15) is 23.7 Å². The van der Waals surface area contributed by atoms with Gasteiger partial charge in [-0.05, 0) is 48.9 Å². The van der Waals surface area contributed by atoms with E-state index in [2.05, 4.69) is 38.6 Å². The molecule has 0 fully saturated rings. The van der Waals surface area contributed by atoms with E-state index in [1.54, 1.807) is 0 Å². The molecule has 140 valence electrons. The van der Waals surface area contributed by atoms with Gasteiger partial charge in [0.05, 0.1) is 18.0 Å². The Morgan fingerprint density at radius 1 is 1.22 bits per heavy atom. The number of carbonyl (C=O) groups is 1. The lowest BCUT2D eigenvalue weighted by Gasteiger charge is -2.08. The molecule has 3 rings (SSSR count). The molecule has 0 amide bonds. The van der Waals surface area contributed by atoms with Crippen LogP contribution in [0, 0.1) is 6.92 Å². The summed E-state index contributed by atoms with van der Waals surface area (Å²) in [6.45, 7) is 4.53. The second-order valence-corrected chi connectivity index (χ2v) is 7.22. The predicted octanol–water partition coefficient (Wildman–Crippen LogP) is 4.66. The Kier molecular flexibility index (Phi) is 6.29. The zero-order valence-electron chi connectivity index (χ0n) is 15.4. The van der Waals surface area contributed by atoms with E-state index in [4.69, 9.17) is 4.74 Å². The lowest BCUT2D eigenvalue weighted by molar-refractivity contribution is -0.140. The number of ether oxygens (including phenoxy) is 1. The second kappa shape index (κ2) is 8.86. The fourth-order valence-corrected chi connectivity index (χ4v) is 3.01. The molecule has 0 aliphatic carbocycles. The Bertz CT molecular complexity index is 919. The molecule has 0 bridgehead atoms. The minimum absolute atomic E-state index is 0.248. The standard InChI is InChI=1S/C21H22BrN3O2/c1-15-18(14-25(24-15)21-8-6-19(22)7-9-21)13-23-20-5-3-4-17(12-20)10-11-27-16(2)26/h3-9,12,14,23H,10-11,13H2,1-2H3. The molecular formula is C21H22BrN3O2. The first kappa shape index (κ1) is 19.2. The van der Waals surface area contributed by atoms with Gasteiger partial charge in [-0.1, -0.05) is 28.1 Å². The van der Waals surface area contributed by atoms with Crippen molar-refractivity contribution in [2.75, 3.05) is 11.9 Å². The van der Waals surface area contributed by atoms with Crippen molar-refractivity contribution in [3.8, 4) is 5.69 Å². The third kappa shape index (κ3) is 5.44. The average molecular weight is 428 g/mol. The zero-order valence-corrected chi connectivity index (χ0v) is 17.0. The smallest absolute Gasteiger partial charge is 0.302 e. The van der Waals surface area contributed by atoms with Crippen LogP contribution < -0.4 is 5.32 Å². The summed E-state index contributed by atoms with van der Waals surface area (Å²) in [5.41, 5.74) is 5.33. The third-order valence-electron chi connectivity index (χ3n) is 4.20. The van der Waals surface area contributed by atoms with Crippen LogP contribution in [0.3, 0.4) is 0 Å². The molecule has 6 heteroatoms. The van der Waals surface area contributed by atoms with E-state index in [1.807, 2.05) is 54.1 Å². The molecule has 5 nitrogen and oxygen atoms in total. The number of aromatic nitrogens is 2. The van der Waals surface area contributed by atoms with Crippen molar-refractivity contribution in [2.45, 2.75) is 26.8 Å². The molecule has 3 aromatic rings. The number of esters is 1. The molecule has 0 saturated carbocycles. The van der Waals surface area contributed by atoms with Crippen molar-refractivity contribution in [1.82, 2.24) is 9.78 Å². The van der Waals surface area contributed by atoms with Crippen LogP contribution in [0.4, 0.5) is 5.69 Å². The number of halogens is 1. The molecule has 1 N–H and O–H groups in total. The third-order valence-corrected chi connectivity index (χ3v) is 4.73. The summed E-state index contributed by atoms with van der Waals surface area (Å²) < 4.78 is 7.95. The van der Waals surface area contributed by atoms with Gasteiger partial charge < -0.3 is 10.1 Å². The van der Waals surface area contributed by atoms with Crippen LogP contribution in [0.5, 0.6) is 0 Å². The Hall–Kier alpha value is -2.60. The Balaban J connectivity index is 1.63. The summed E-state index contributed by atoms with van der Waals surface area (Å²) in [5, 5.41) is 8.06. The van der Waals surface area contributed by atoms with Crippen LogP contribution in [0.15, 0.2) is 59.2 Å². The van der Waals surface area contributed by atoms with Crippen LogP contribution in [-0.2, 0) is 22.5 Å². The molecule has 0 aliphatic rings. The molecule has 0 radical (unpaired) electrons. The first-order valence-electron chi connectivity index (χ1n) is 8.78. The number of carbonyl (C=O) groups excluding carboxylic acids is 1. The SMILES string of the molecule is CC(=O)OCCc1cccc(NCc2cn(-c3ccc(Br)cc3)nc2C)c1. The summed E-state index contributed by atoms with van der Waals surface area (Å²) >= 11 is 3.45. The number of anilines is 1. The van der Waals surface area contributed by atoms with Crippen molar-refractivity contribution < 1.29 is 9.53 Å². The maximum absolute atomic E-state index is 10.9. The van der Waals surface area contributed by atoms with Gasteiger partial charge in [-0.15, -0.1) is 0 Å². The molecule has 0 aliphatic heterocycles. The maximum Gasteiger partial charge on any atom is 0.302 e. The van der Waals surface area contributed by atoms with Crippen molar-refractivity contribution in [2.24, 2.45) is 0 Å². The van der Waals surface area contributed by atoms with Crippen molar-refractivity contribution in [3.05, 3.63) is 76.0 Å². The van der Waals surface area contributed by atoms with E-state index in [9.17, 15) is 4.79 Å². The topological polar surface area (TPSA) is 56.1 Å². The van der Waals surface area contributed by atoms with Gasteiger partial charge in [0, 0.05) is 41.8 Å². The minimum Gasteiger partial charge on any atom is -0.466 e. The number of nitrogens with zero attached hydrogens (tertiary/aromatic N) is 2. The van der Waals surface area contributed by atoms with Gasteiger partial charge in [-0.25, -0.2) is 4.68 Å². The van der Waals surface area contributed by atoms with Crippen LogP contribution >= 0.6 is 15.9 Å². The predicted molar refractivity (Wildman–Crippen MR) is 110 cm³/mol. The lowest BCUT2D eigenvalue weighted by atomic mass is 10.1. The van der Waals surface area contributed by atoms with Gasteiger partial charge in [0.2, 0.25) is 0 Å². The Morgan fingerprint density at radius 3 is 2.74 bits per heavy atom. The number of rotatable bonds is 7. The maximum atomic E-state index is 10.9. The molecule has 0 saturated heterocycles. The number of aryl methyl sites for hydroxylation is 1. The number of benzene rings is 2. The molecule has 2 aromatic carbocycles. The number of nitrogens with one attached hydrogen (secondary N) is 1. The van der Waals surface area contributed by atoms with E-state index in [-0.39, 0.29) is 5.97 Å². The quantitative estimate of drug-likeness (QED) is 0.557. The minimum atomic E-state index is -0.248. The Morgan fingerprint density at radius 2 is 2.00 bits per heavy atom. The highest BCUT2D eigenvalue weighted by atomic mass is 79.9. The lowest BCUT2D eigenvalue weighted by Crippen LogP contribution is -2.04. The van der Waals surface area contributed by atoms with E-state index in [1.165, 1.54) is 6.92 Å². The van der Waals surface area contributed by atoms with E-state index in [0.29, 0.717) is 19.6 Å². The summed E-state index contributed by atoms with van der Waals surface area (Å²) in [7, 11) is 0. The van der Waals surface area contributed by atoms with Crippen LogP contribution in [0.25, 0.3) is 5.69 Å². The van der Waals surface area contributed by atoms with Gasteiger partial charge in [0.15, 0.2) is 0 Å². The van der Waals surface area contributed by atoms with Crippen molar-refractivity contribution in [1.29, 1.82) is 0 Å². The van der Waals surface area contributed by atoms with Gasteiger partial charge in [-0.2, -0.15) is 5.10 Å². The van der Waals surface area contributed by atoms with Crippen molar-refractivity contribution >= 4 is 27.6 Å². The summed E-state index contributed by atoms with van der Waals surface area (Å²) in [4.78, 5) is 10.9.